The molecule has 0 unspecified atom stereocenters. The van der Waals surface area contributed by atoms with Gasteiger partial charge in [0.1, 0.15) is 0 Å². The average molecular weight is 463 g/mol. The monoisotopic (exact) mass is 462 g/mol. The van der Waals surface area contributed by atoms with Crippen LogP contribution in [0.2, 0.25) is 0 Å². The van der Waals surface area contributed by atoms with E-state index >= 15 is 0 Å². The molecule has 0 spiro atoms. The van der Waals surface area contributed by atoms with Gasteiger partial charge in [0, 0.05) is 25.0 Å². The van der Waals surface area contributed by atoms with Crippen LogP contribution in [0.3, 0.4) is 0 Å². The maximum Gasteiger partial charge on any atom is 0.169 e. The minimum Gasteiger partial charge on any atom is -0.202 e. The Labute approximate surface area is 210 Å². The standard InChI is InChI=1S/C33H52N/c1-23(2)8-7-9-25(4)29-12-13-30-28-11-10-26-22-27(34-20-16-24(3)17-21-34)14-18-32(26,5)31(28)15-19-33(29,30)6/h10,16-17,20-21,23,25,27-31H,7-9,11-15,18-19,22H2,1-6H3/q+1/t25-,27-,28-,29+,30-,31-,32-,33+/m0/s1. The molecular weight excluding hydrogens is 410 g/mol. The molecule has 4 aliphatic rings. The molecule has 0 aromatic carbocycles. The van der Waals surface area contributed by atoms with Gasteiger partial charge in [-0.1, -0.05) is 65.5 Å². The normalized spacial score (nSPS) is 40.3. The van der Waals surface area contributed by atoms with Crippen LogP contribution in [0.5, 0.6) is 0 Å². The van der Waals surface area contributed by atoms with Gasteiger partial charge in [0.25, 0.3) is 0 Å². The Morgan fingerprint density at radius 3 is 2.44 bits per heavy atom. The summed E-state index contributed by atoms with van der Waals surface area (Å²) in [5, 5.41) is 0. The molecule has 0 saturated heterocycles. The zero-order chi connectivity index (χ0) is 24.1. The summed E-state index contributed by atoms with van der Waals surface area (Å²) in [6, 6.07) is 5.22. The topological polar surface area (TPSA) is 3.88 Å². The first-order valence-corrected chi connectivity index (χ1v) is 14.9. The summed E-state index contributed by atoms with van der Waals surface area (Å²) in [5.41, 5.74) is 4.26. The Morgan fingerprint density at radius 1 is 0.941 bits per heavy atom. The fourth-order valence-electron chi connectivity index (χ4n) is 9.68. The predicted octanol–water partition coefficient (Wildman–Crippen LogP) is 8.87. The number of aromatic nitrogens is 1. The van der Waals surface area contributed by atoms with E-state index in [1.165, 1.54) is 76.2 Å². The van der Waals surface area contributed by atoms with E-state index in [0.29, 0.717) is 16.9 Å². The first-order valence-electron chi connectivity index (χ1n) is 14.9. The molecule has 0 N–H and O–H groups in total. The molecule has 3 saturated carbocycles. The lowest BCUT2D eigenvalue weighted by Gasteiger charge is -2.58. The molecule has 0 bridgehead atoms. The van der Waals surface area contributed by atoms with E-state index in [0.717, 1.165) is 35.5 Å². The lowest BCUT2D eigenvalue weighted by Crippen LogP contribution is -2.52. The Morgan fingerprint density at radius 2 is 1.71 bits per heavy atom. The van der Waals surface area contributed by atoms with Gasteiger partial charge in [0.15, 0.2) is 18.4 Å². The van der Waals surface area contributed by atoms with Crippen LogP contribution in [0.25, 0.3) is 0 Å². The van der Waals surface area contributed by atoms with Crippen LogP contribution in [0.1, 0.15) is 117 Å². The van der Waals surface area contributed by atoms with Crippen molar-refractivity contribution < 1.29 is 4.57 Å². The Bertz CT molecular complexity index is 880. The fraction of sp³-hybridized carbons (Fsp3) is 0.788. The molecule has 0 amide bonds. The molecule has 8 atom stereocenters. The number of rotatable bonds is 6. The Kier molecular flexibility index (Phi) is 6.80. The predicted molar refractivity (Wildman–Crippen MR) is 143 cm³/mol. The van der Waals surface area contributed by atoms with Crippen molar-refractivity contribution in [2.75, 3.05) is 0 Å². The quantitative estimate of drug-likeness (QED) is 0.293. The molecule has 1 aromatic heterocycles. The third-order valence-corrected chi connectivity index (χ3v) is 11.7. The molecule has 4 aliphatic carbocycles. The van der Waals surface area contributed by atoms with E-state index in [2.05, 4.69) is 76.7 Å². The third-order valence-electron chi connectivity index (χ3n) is 11.7. The average Bonchev–Trinajstić information content (AvgIpc) is 3.16. The molecule has 5 rings (SSSR count). The van der Waals surface area contributed by atoms with Crippen molar-refractivity contribution in [3.8, 4) is 0 Å². The zero-order valence-electron chi connectivity index (χ0n) is 23.2. The molecule has 1 heteroatoms. The Balaban J connectivity index is 1.30. The molecular formula is C33H52N+. The lowest BCUT2D eigenvalue weighted by atomic mass is 9.47. The second-order valence-corrected chi connectivity index (χ2v) is 14.0. The number of aryl methyl sites for hydroxylation is 1. The SMILES string of the molecule is Cc1cc[n+]([C@H]2CC[C@@]3(C)C(=CC[C@H]4[C@@H]5CC[C@H]([C@@H](C)CCCC(C)C)[C@@]5(C)CC[C@@H]43)C2)cc1. The summed E-state index contributed by atoms with van der Waals surface area (Å²) in [5.74, 6) is 5.60. The van der Waals surface area contributed by atoms with Gasteiger partial charge in [-0.3, -0.25) is 0 Å². The summed E-state index contributed by atoms with van der Waals surface area (Å²) < 4.78 is 2.50. The van der Waals surface area contributed by atoms with Gasteiger partial charge >= 0.3 is 0 Å². The van der Waals surface area contributed by atoms with E-state index in [1.807, 2.05) is 5.57 Å². The molecule has 1 nitrogen and oxygen atoms in total. The highest BCUT2D eigenvalue weighted by Gasteiger charge is 2.59. The van der Waals surface area contributed by atoms with E-state index < -0.39 is 0 Å². The summed E-state index contributed by atoms with van der Waals surface area (Å²) in [6.45, 7) is 15.0. The minimum absolute atomic E-state index is 0.465. The maximum atomic E-state index is 2.76. The number of nitrogens with zero attached hydrogens (tertiary/aromatic N) is 1. The number of hydrogen-bond acceptors (Lipinski definition) is 0. The highest BCUT2D eigenvalue weighted by Crippen LogP contribution is 2.67. The fourth-order valence-corrected chi connectivity index (χ4v) is 9.68. The second-order valence-electron chi connectivity index (χ2n) is 14.0. The summed E-state index contributed by atoms with van der Waals surface area (Å²) in [4.78, 5) is 0. The molecule has 3 fully saturated rings. The number of allylic oxidation sites excluding steroid dienone is 2. The highest BCUT2D eigenvalue weighted by atomic mass is 15.0. The molecule has 34 heavy (non-hydrogen) atoms. The lowest BCUT2D eigenvalue weighted by molar-refractivity contribution is -0.725. The van der Waals surface area contributed by atoms with Gasteiger partial charge in [-0.05, 0) is 97.3 Å². The van der Waals surface area contributed by atoms with Crippen LogP contribution in [-0.4, -0.2) is 0 Å². The zero-order valence-corrected chi connectivity index (χ0v) is 23.2. The molecule has 0 aliphatic heterocycles. The van der Waals surface area contributed by atoms with E-state index in [9.17, 15) is 0 Å². The Hall–Kier alpha value is -1.11. The number of pyridine rings is 1. The minimum atomic E-state index is 0.465. The number of hydrogen-bond donors (Lipinski definition) is 0. The van der Waals surface area contributed by atoms with Crippen LogP contribution in [0.4, 0.5) is 0 Å². The molecule has 1 heterocycles. The summed E-state index contributed by atoms with van der Waals surface area (Å²) in [7, 11) is 0. The van der Waals surface area contributed by atoms with Crippen molar-refractivity contribution in [1.29, 1.82) is 0 Å². The third kappa shape index (κ3) is 4.22. The first kappa shape index (κ1) is 24.6. The second kappa shape index (κ2) is 9.40. The van der Waals surface area contributed by atoms with Crippen LogP contribution in [0.15, 0.2) is 36.2 Å². The smallest absolute Gasteiger partial charge is 0.169 e. The number of fused-ring (bicyclic) bond motifs is 5. The van der Waals surface area contributed by atoms with Crippen LogP contribution >= 0.6 is 0 Å². The van der Waals surface area contributed by atoms with Gasteiger partial charge in [-0.2, -0.15) is 0 Å². The molecule has 1 aromatic rings. The van der Waals surface area contributed by atoms with Crippen molar-refractivity contribution in [2.24, 2.45) is 46.3 Å². The van der Waals surface area contributed by atoms with Crippen LogP contribution in [0, 0.1) is 53.3 Å². The van der Waals surface area contributed by atoms with Gasteiger partial charge in [-0.15, -0.1) is 0 Å². The van der Waals surface area contributed by atoms with Crippen molar-refractivity contribution in [3.63, 3.8) is 0 Å². The highest BCUT2D eigenvalue weighted by molar-refractivity contribution is 5.25. The van der Waals surface area contributed by atoms with E-state index in [-0.39, 0.29) is 0 Å². The van der Waals surface area contributed by atoms with Gasteiger partial charge < -0.3 is 0 Å². The van der Waals surface area contributed by atoms with E-state index in [1.54, 1.807) is 0 Å². The van der Waals surface area contributed by atoms with Gasteiger partial charge in [0.05, 0.1) is 0 Å². The van der Waals surface area contributed by atoms with Crippen molar-refractivity contribution >= 4 is 0 Å². The molecule has 188 valence electrons. The first-order chi connectivity index (χ1) is 16.2. The van der Waals surface area contributed by atoms with Gasteiger partial charge in [-0.25, -0.2) is 4.57 Å². The molecule has 0 radical (unpaired) electrons. The van der Waals surface area contributed by atoms with E-state index in [4.69, 9.17) is 0 Å². The summed E-state index contributed by atoms with van der Waals surface area (Å²) in [6.07, 6.45) is 23.1. The van der Waals surface area contributed by atoms with Crippen molar-refractivity contribution in [3.05, 3.63) is 41.7 Å². The summed E-state index contributed by atoms with van der Waals surface area (Å²) >= 11 is 0. The van der Waals surface area contributed by atoms with Crippen LogP contribution < -0.4 is 4.57 Å². The maximum absolute atomic E-state index is 2.76. The van der Waals surface area contributed by atoms with Crippen molar-refractivity contribution in [2.45, 2.75) is 118 Å². The largest absolute Gasteiger partial charge is 0.202 e. The van der Waals surface area contributed by atoms with Gasteiger partial charge in [0.2, 0.25) is 0 Å². The van der Waals surface area contributed by atoms with Crippen LogP contribution in [-0.2, 0) is 0 Å². The van der Waals surface area contributed by atoms with Crippen molar-refractivity contribution in [1.82, 2.24) is 0 Å².